The number of rotatable bonds is 3. The zero-order chi connectivity index (χ0) is 11.4. The third kappa shape index (κ3) is 3.11. The molecule has 0 aliphatic carbocycles. The zero-order valence-electron chi connectivity index (χ0n) is 9.19. The number of hydrogen-bond donors (Lipinski definition) is 2. The molecule has 0 saturated carbocycles. The maximum absolute atomic E-state index is 11.6. The van der Waals surface area contributed by atoms with Crippen LogP contribution < -0.4 is 5.32 Å². The lowest BCUT2D eigenvalue weighted by atomic mass is 10.2. The molecular weight excluding hydrogens is 196 g/mol. The van der Waals surface area contributed by atoms with Gasteiger partial charge >= 0.3 is 12.0 Å². The number of amides is 2. The number of carbonyl (C=O) groups is 2. The van der Waals surface area contributed by atoms with Crippen LogP contribution in [0.15, 0.2) is 0 Å². The zero-order valence-corrected chi connectivity index (χ0v) is 9.19. The Labute approximate surface area is 89.4 Å². The number of nitrogens with one attached hydrogen (secondary N) is 1. The molecule has 1 fully saturated rings. The molecule has 0 aromatic rings. The fourth-order valence-electron chi connectivity index (χ4n) is 1.70. The number of nitrogens with zero attached hydrogens (tertiary/aromatic N) is 1. The Kier molecular flexibility index (Phi) is 3.94. The minimum Gasteiger partial charge on any atom is -0.480 e. The van der Waals surface area contributed by atoms with Crippen molar-refractivity contribution >= 4 is 12.0 Å². The fraction of sp³-hybridized carbons (Fsp3) is 0.800. The van der Waals surface area contributed by atoms with E-state index in [9.17, 15) is 9.59 Å². The lowest BCUT2D eigenvalue weighted by Gasteiger charge is -2.19. The molecule has 0 bridgehead atoms. The number of carboxylic acid groups (broad SMARTS) is 1. The third-order valence-electron chi connectivity index (χ3n) is 2.72. The van der Waals surface area contributed by atoms with E-state index >= 15 is 0 Å². The van der Waals surface area contributed by atoms with Gasteiger partial charge in [-0.3, -0.25) is 0 Å². The molecule has 15 heavy (non-hydrogen) atoms. The summed E-state index contributed by atoms with van der Waals surface area (Å²) in [4.78, 5) is 24.0. The van der Waals surface area contributed by atoms with Gasteiger partial charge in [0, 0.05) is 13.1 Å². The lowest BCUT2D eigenvalue weighted by molar-refractivity contribution is -0.139. The Morgan fingerprint density at radius 1 is 1.60 bits per heavy atom. The number of likely N-dealkylation sites (tertiary alicyclic amines) is 1. The second-order valence-corrected chi connectivity index (χ2v) is 4.09. The molecule has 5 nitrogen and oxygen atoms in total. The van der Waals surface area contributed by atoms with Crippen molar-refractivity contribution < 1.29 is 14.7 Å². The Hall–Kier alpha value is -1.26. The second kappa shape index (κ2) is 5.00. The van der Waals surface area contributed by atoms with Gasteiger partial charge in [-0.15, -0.1) is 0 Å². The van der Waals surface area contributed by atoms with Crippen LogP contribution in [0.1, 0.15) is 26.7 Å². The van der Waals surface area contributed by atoms with Gasteiger partial charge in [0.25, 0.3) is 0 Å². The summed E-state index contributed by atoms with van der Waals surface area (Å²) in [6, 6.07) is -1.03. The molecule has 1 aliphatic rings. The summed E-state index contributed by atoms with van der Waals surface area (Å²) in [7, 11) is 0. The molecule has 5 heteroatoms. The van der Waals surface area contributed by atoms with Crippen molar-refractivity contribution in [2.75, 3.05) is 13.1 Å². The molecule has 1 unspecified atom stereocenters. The van der Waals surface area contributed by atoms with Crippen LogP contribution in [0.2, 0.25) is 0 Å². The first kappa shape index (κ1) is 11.8. The predicted molar refractivity (Wildman–Crippen MR) is 55.6 cm³/mol. The van der Waals surface area contributed by atoms with Crippen LogP contribution in [0.5, 0.6) is 0 Å². The average molecular weight is 214 g/mol. The normalized spacial score (nSPS) is 22.5. The van der Waals surface area contributed by atoms with Crippen LogP contribution in [0.4, 0.5) is 4.79 Å². The summed E-state index contributed by atoms with van der Waals surface area (Å²) >= 11 is 0. The van der Waals surface area contributed by atoms with Crippen molar-refractivity contribution in [1.29, 1.82) is 0 Å². The lowest BCUT2D eigenvalue weighted by Crippen LogP contribution is -2.46. The van der Waals surface area contributed by atoms with Gasteiger partial charge in [-0.1, -0.05) is 13.8 Å². The van der Waals surface area contributed by atoms with E-state index in [2.05, 4.69) is 12.2 Å². The van der Waals surface area contributed by atoms with Gasteiger partial charge in [0.2, 0.25) is 0 Å². The van der Waals surface area contributed by atoms with E-state index in [1.807, 2.05) is 0 Å². The topological polar surface area (TPSA) is 69.6 Å². The van der Waals surface area contributed by atoms with E-state index in [1.54, 1.807) is 11.8 Å². The van der Waals surface area contributed by atoms with Crippen molar-refractivity contribution in [2.45, 2.75) is 32.7 Å². The molecule has 0 radical (unpaired) electrons. The highest BCUT2D eigenvalue weighted by molar-refractivity contribution is 5.82. The van der Waals surface area contributed by atoms with E-state index in [4.69, 9.17) is 5.11 Å². The summed E-state index contributed by atoms with van der Waals surface area (Å²) < 4.78 is 0. The number of carbonyl (C=O) groups excluding carboxylic acids is 1. The first-order valence-electron chi connectivity index (χ1n) is 5.32. The van der Waals surface area contributed by atoms with Crippen LogP contribution in [0.25, 0.3) is 0 Å². The van der Waals surface area contributed by atoms with Gasteiger partial charge in [-0.2, -0.15) is 0 Å². The molecule has 0 aromatic heterocycles. The van der Waals surface area contributed by atoms with Crippen LogP contribution in [-0.4, -0.2) is 41.1 Å². The fourth-order valence-corrected chi connectivity index (χ4v) is 1.70. The molecule has 0 aromatic carbocycles. The van der Waals surface area contributed by atoms with Gasteiger partial charge < -0.3 is 15.3 Å². The highest BCUT2D eigenvalue weighted by Gasteiger charge is 2.26. The van der Waals surface area contributed by atoms with Crippen LogP contribution in [0, 0.1) is 5.92 Å². The summed E-state index contributed by atoms with van der Waals surface area (Å²) in [5, 5.41) is 11.3. The van der Waals surface area contributed by atoms with Crippen LogP contribution >= 0.6 is 0 Å². The summed E-state index contributed by atoms with van der Waals surface area (Å²) in [6.45, 7) is 5.28. The predicted octanol–water partition coefficient (Wildman–Crippen LogP) is 0.901. The second-order valence-electron chi connectivity index (χ2n) is 4.09. The Balaban J connectivity index is 2.44. The maximum atomic E-state index is 11.6. The molecule has 1 aliphatic heterocycles. The molecule has 2 atom stereocenters. The van der Waals surface area contributed by atoms with Crippen molar-refractivity contribution in [2.24, 2.45) is 5.92 Å². The van der Waals surface area contributed by atoms with Crippen molar-refractivity contribution in [3.63, 3.8) is 0 Å². The SMILES string of the molecule is CC[C@@H](NC(=O)N1CCC(C)C1)C(=O)O. The van der Waals surface area contributed by atoms with Crippen LogP contribution in [-0.2, 0) is 4.79 Å². The monoisotopic (exact) mass is 214 g/mol. The molecule has 2 N–H and O–H groups in total. The highest BCUT2D eigenvalue weighted by atomic mass is 16.4. The standard InChI is InChI=1S/C10H18N2O3/c1-3-8(9(13)14)11-10(15)12-5-4-7(2)6-12/h7-8H,3-6H2,1-2H3,(H,11,15)(H,13,14)/t7?,8-/m1/s1. The number of carboxylic acids is 1. The molecule has 86 valence electrons. The van der Waals surface area contributed by atoms with Gasteiger partial charge in [0.15, 0.2) is 0 Å². The summed E-state index contributed by atoms with van der Waals surface area (Å²) in [5.74, 6) is -0.459. The minimum absolute atomic E-state index is 0.256. The molecular formula is C10H18N2O3. The summed E-state index contributed by atoms with van der Waals surface area (Å²) in [5.41, 5.74) is 0. The first-order chi connectivity index (χ1) is 7.04. The van der Waals surface area contributed by atoms with Gasteiger partial charge in [0.05, 0.1) is 0 Å². The molecule has 1 saturated heterocycles. The third-order valence-corrected chi connectivity index (χ3v) is 2.72. The smallest absolute Gasteiger partial charge is 0.326 e. The van der Waals surface area contributed by atoms with Gasteiger partial charge in [0.1, 0.15) is 6.04 Å². The maximum Gasteiger partial charge on any atom is 0.326 e. The quantitative estimate of drug-likeness (QED) is 0.733. The van der Waals surface area contributed by atoms with E-state index in [0.717, 1.165) is 19.5 Å². The number of urea groups is 1. The van der Waals surface area contributed by atoms with Crippen molar-refractivity contribution in [3.8, 4) is 0 Å². The van der Waals surface area contributed by atoms with E-state index in [0.29, 0.717) is 12.3 Å². The summed E-state index contributed by atoms with van der Waals surface area (Å²) in [6.07, 6.45) is 1.40. The van der Waals surface area contributed by atoms with Gasteiger partial charge in [-0.25, -0.2) is 9.59 Å². The molecule has 1 rings (SSSR count). The van der Waals surface area contributed by atoms with Crippen molar-refractivity contribution in [1.82, 2.24) is 10.2 Å². The Morgan fingerprint density at radius 2 is 2.27 bits per heavy atom. The average Bonchev–Trinajstić information content (AvgIpc) is 2.60. The molecule has 0 spiro atoms. The largest absolute Gasteiger partial charge is 0.480 e. The molecule has 1 heterocycles. The first-order valence-corrected chi connectivity index (χ1v) is 5.32. The van der Waals surface area contributed by atoms with Crippen molar-refractivity contribution in [3.05, 3.63) is 0 Å². The minimum atomic E-state index is -0.974. The highest BCUT2D eigenvalue weighted by Crippen LogP contribution is 2.14. The van der Waals surface area contributed by atoms with Gasteiger partial charge in [-0.05, 0) is 18.8 Å². The Bertz CT molecular complexity index is 255. The van der Waals surface area contributed by atoms with Crippen LogP contribution in [0.3, 0.4) is 0 Å². The van der Waals surface area contributed by atoms with E-state index < -0.39 is 12.0 Å². The molecule has 2 amide bonds. The number of aliphatic carboxylic acids is 1. The van der Waals surface area contributed by atoms with E-state index in [-0.39, 0.29) is 6.03 Å². The Morgan fingerprint density at radius 3 is 2.67 bits per heavy atom. The number of hydrogen-bond acceptors (Lipinski definition) is 2. The van der Waals surface area contributed by atoms with E-state index in [1.165, 1.54) is 0 Å².